The fraction of sp³-hybridized carbons (Fsp3) is 0.614. The van der Waals surface area contributed by atoms with E-state index in [9.17, 15) is 46.2 Å². The first-order chi connectivity index (χ1) is 37.6. The van der Waals surface area contributed by atoms with E-state index in [0.717, 1.165) is 5.56 Å². The zero-order valence-corrected chi connectivity index (χ0v) is 46.3. The van der Waals surface area contributed by atoms with Crippen LogP contribution in [0.2, 0.25) is 0 Å². The number of aliphatic imine (C=N–C) groups is 2. The fourth-order valence-corrected chi connectivity index (χ4v) is 5.42. The van der Waals surface area contributed by atoms with Crippen molar-refractivity contribution in [3.63, 3.8) is 0 Å². The van der Waals surface area contributed by atoms with Crippen LogP contribution in [0.15, 0.2) is 66.9 Å². The molecule has 3 rings (SSSR count). The van der Waals surface area contributed by atoms with Crippen molar-refractivity contribution in [3.05, 3.63) is 84.9 Å². The van der Waals surface area contributed by atoms with E-state index in [2.05, 4.69) is 80.3 Å². The molecule has 1 aromatic carbocycles. The number of esters is 2. The molecule has 3 unspecified atom stereocenters. The van der Waals surface area contributed by atoms with Crippen LogP contribution in [0.5, 0.6) is 0 Å². The SMILES string of the molecule is C#CCC(N=C([O-])OC(C)(C)C)C(=O)OC.COC(=O)C(Cc1cn(CC[18F])nn1)N=C([O-])OC(C)(C)C.Cc1ccc(S(=O)(=O)OCCN=[N+]=[N-])cc1.NC(Cc1cn(CC[18F])nn1)C(=O)O.[N-]=[N+]=NCCO.[N-]=[N+]=NCC[18F]. The Labute approximate surface area is 459 Å². The molecule has 446 valence electrons. The van der Waals surface area contributed by atoms with Crippen molar-refractivity contribution in [2.45, 2.75) is 115 Å². The van der Waals surface area contributed by atoms with Gasteiger partial charge in [-0.1, -0.05) is 85.0 Å². The number of methoxy groups -OCH3 is 2. The Hall–Kier alpha value is -8.44. The Balaban J connectivity index is -0.000000932. The summed E-state index contributed by atoms with van der Waals surface area (Å²) in [6, 6.07) is 3.23. The average Bonchev–Trinajstić information content (AvgIpc) is 4.04. The van der Waals surface area contributed by atoms with E-state index >= 15 is 0 Å². The lowest BCUT2D eigenvalue weighted by atomic mass is 10.2. The van der Waals surface area contributed by atoms with Crippen LogP contribution < -0.4 is 15.9 Å². The largest absolute Gasteiger partial charge is 0.595 e. The molecular weight excluding hydrogens is 1090 g/mol. The first-order valence-corrected chi connectivity index (χ1v) is 24.5. The van der Waals surface area contributed by atoms with Gasteiger partial charge in [-0.2, -0.15) is 8.42 Å². The molecular formula is C44H67F3N18O14S-2. The van der Waals surface area contributed by atoms with Gasteiger partial charge in [0.25, 0.3) is 10.1 Å². The number of aromatic nitrogens is 6. The number of hydrogen-bond acceptors (Lipinski definition) is 23. The van der Waals surface area contributed by atoms with Crippen molar-refractivity contribution in [1.29, 1.82) is 0 Å². The summed E-state index contributed by atoms with van der Waals surface area (Å²) in [6.07, 6.45) is 6.46. The van der Waals surface area contributed by atoms with Crippen LogP contribution in [-0.4, -0.2) is 175 Å². The van der Waals surface area contributed by atoms with Gasteiger partial charge in [0, 0.05) is 70.7 Å². The number of carboxylic acid groups (broad SMARTS) is 1. The molecule has 2 heterocycles. The Morgan fingerprint density at radius 1 is 0.775 bits per heavy atom. The minimum absolute atomic E-state index is 0.00587. The van der Waals surface area contributed by atoms with Gasteiger partial charge in [0.15, 0.2) is 12.1 Å². The van der Waals surface area contributed by atoms with Gasteiger partial charge in [-0.3, -0.25) is 23.4 Å². The monoisotopic (exact) mass is 1160 g/mol. The van der Waals surface area contributed by atoms with Crippen molar-refractivity contribution in [3.8, 4) is 12.3 Å². The highest BCUT2D eigenvalue weighted by Gasteiger charge is 2.22. The molecule has 0 aliphatic carbocycles. The van der Waals surface area contributed by atoms with E-state index in [4.69, 9.17) is 48.4 Å². The molecule has 0 spiro atoms. The van der Waals surface area contributed by atoms with E-state index in [1.807, 2.05) is 6.92 Å². The van der Waals surface area contributed by atoms with E-state index < -0.39 is 89.5 Å². The number of aliphatic carboxylic acids is 1. The Morgan fingerprint density at radius 2 is 1.21 bits per heavy atom. The number of terminal acetylenes is 1. The average molecular weight is 1160 g/mol. The molecule has 0 aliphatic rings. The predicted octanol–water partition coefficient (Wildman–Crippen LogP) is 2.71. The number of nitrogens with zero attached hydrogens (tertiary/aromatic N) is 17. The van der Waals surface area contributed by atoms with Crippen LogP contribution in [0.25, 0.3) is 31.3 Å². The maximum atomic E-state index is 12.2. The number of carbonyl (C=O) groups excluding carboxylic acids is 2. The van der Waals surface area contributed by atoms with E-state index in [0.29, 0.717) is 11.4 Å². The highest BCUT2D eigenvalue weighted by Crippen LogP contribution is 2.14. The van der Waals surface area contributed by atoms with Gasteiger partial charge in [0.05, 0.1) is 70.0 Å². The first kappa shape index (κ1) is 75.8. The lowest BCUT2D eigenvalue weighted by Gasteiger charge is -2.30. The molecule has 0 amide bonds. The van der Waals surface area contributed by atoms with E-state index in [-0.39, 0.29) is 70.1 Å². The zero-order chi connectivity index (χ0) is 61.7. The second kappa shape index (κ2) is 43.5. The molecule has 4 N–H and O–H groups in total. The maximum absolute atomic E-state index is 12.2. The van der Waals surface area contributed by atoms with E-state index in [1.165, 1.54) is 48.1 Å². The molecule has 0 aliphatic heterocycles. The number of aliphatic hydroxyl groups is 1. The second-order valence-electron chi connectivity index (χ2n) is 16.7. The van der Waals surface area contributed by atoms with Gasteiger partial charge in [-0.05, 0) is 35.6 Å². The van der Waals surface area contributed by atoms with Crippen LogP contribution in [0.3, 0.4) is 0 Å². The number of azide groups is 3. The molecule has 80 heavy (non-hydrogen) atoms. The number of ether oxygens (including phenoxy) is 4. The third-order valence-corrected chi connectivity index (χ3v) is 9.16. The number of aliphatic hydroxyl groups excluding tert-OH is 1. The summed E-state index contributed by atoms with van der Waals surface area (Å²) in [6.45, 7) is 10.5. The molecule has 0 saturated heterocycles. The summed E-state index contributed by atoms with van der Waals surface area (Å²) in [7, 11) is -1.34. The number of halogens is 3. The number of carbonyl (C=O) groups is 3. The lowest BCUT2D eigenvalue weighted by Crippen LogP contribution is -2.35. The van der Waals surface area contributed by atoms with Crippen molar-refractivity contribution >= 4 is 40.2 Å². The summed E-state index contributed by atoms with van der Waals surface area (Å²) in [5, 5.41) is 63.3. The minimum Gasteiger partial charge on any atom is -0.595 e. The summed E-state index contributed by atoms with van der Waals surface area (Å²) in [5.41, 5.74) is 28.8. The van der Waals surface area contributed by atoms with Gasteiger partial charge in [0.2, 0.25) is 0 Å². The Kier molecular flexibility index (Phi) is 41.2. The Morgan fingerprint density at radius 3 is 1.59 bits per heavy atom. The highest BCUT2D eigenvalue weighted by atomic mass is 32.2. The third-order valence-electron chi connectivity index (χ3n) is 7.83. The molecule has 0 fully saturated rings. The summed E-state index contributed by atoms with van der Waals surface area (Å²) >= 11 is 0. The van der Waals surface area contributed by atoms with Crippen LogP contribution >= 0.6 is 0 Å². The molecule has 32 nitrogen and oxygen atoms in total. The number of rotatable bonds is 23. The van der Waals surface area contributed by atoms with Gasteiger partial charge in [-0.15, -0.1) is 22.5 Å². The maximum Gasteiger partial charge on any atom is 0.331 e. The van der Waals surface area contributed by atoms with E-state index in [1.54, 1.807) is 53.7 Å². The van der Waals surface area contributed by atoms with Gasteiger partial charge < -0.3 is 45.1 Å². The zero-order valence-electron chi connectivity index (χ0n) is 45.5. The predicted molar refractivity (Wildman–Crippen MR) is 276 cm³/mol. The molecule has 2 aromatic heterocycles. The van der Waals surface area contributed by atoms with Gasteiger partial charge in [-0.25, -0.2) is 27.7 Å². The van der Waals surface area contributed by atoms with Gasteiger partial charge >= 0.3 is 17.9 Å². The lowest BCUT2D eigenvalue weighted by molar-refractivity contribution is -0.262. The number of aryl methyl sites for hydroxylation is 3. The Bertz CT molecular complexity index is 2600. The first-order valence-electron chi connectivity index (χ1n) is 23.1. The number of benzene rings is 1. The fourth-order valence-electron chi connectivity index (χ4n) is 4.52. The molecule has 0 saturated carbocycles. The smallest absolute Gasteiger partial charge is 0.331 e. The van der Waals surface area contributed by atoms with Crippen molar-refractivity contribution in [2.24, 2.45) is 31.1 Å². The standard InChI is InChI=1S/C13H21FN4O4.C11H17NO4.C9H11N3O3S.C7H11FN4O2.C2H4FN3.C2H5N3O/c1-13(2,3)22-12(20)15-10(11(19)21-4)7-9-8-18(6-5-14)17-16-9;1-6-7-8(9(13)15-5)12-10(14)16-11(2,3)4;1-8-2-4-9(5-3-8)16(13,14)15-7-6-11-12-10;8-1-2-12-4-5(10-11-12)3-6(9)7(13)14;3-1-2-5-6-4;3-5-4-1-2-6/h8,10H,5-7H2,1-4H3,(H,15,20);1,8H,7H2,2-5H3,(H,12,14);2-5H,6-7H2,1H3;4,6H,1-3,9H2,(H,13,14);1-2H2;6H,1-2H2/p-2/i14-1;;;8-1;3-1;. The van der Waals surface area contributed by atoms with Crippen LogP contribution in [0, 0.1) is 19.3 Å². The molecule has 36 heteroatoms. The third kappa shape index (κ3) is 40.8. The highest BCUT2D eigenvalue weighted by molar-refractivity contribution is 7.86. The number of hydrogen-bond donors (Lipinski definition) is 3. The summed E-state index contributed by atoms with van der Waals surface area (Å²) in [4.78, 5) is 47.8. The van der Waals surface area contributed by atoms with Crippen LogP contribution in [0.1, 0.15) is 64.9 Å². The quantitative estimate of drug-likeness (QED) is 0.0141. The number of carboxylic acids is 1. The molecule has 3 aromatic rings. The minimum atomic E-state index is -3.74. The van der Waals surface area contributed by atoms with Crippen LogP contribution in [-0.2, 0) is 73.6 Å². The van der Waals surface area contributed by atoms with Crippen molar-refractivity contribution in [2.75, 3.05) is 67.1 Å². The van der Waals surface area contributed by atoms with Crippen molar-refractivity contribution < 1.29 is 79.5 Å². The van der Waals surface area contributed by atoms with Crippen LogP contribution in [0.4, 0.5) is 13.2 Å². The number of nitrogens with two attached hydrogens (primary N) is 1. The normalized spacial score (nSPS) is 12.0. The molecule has 0 radical (unpaired) electrons. The molecule has 0 bridgehead atoms. The van der Waals surface area contributed by atoms with Crippen molar-refractivity contribution in [1.82, 2.24) is 30.0 Å². The van der Waals surface area contributed by atoms with Gasteiger partial charge in [0.1, 0.15) is 31.6 Å². The second-order valence-corrected chi connectivity index (χ2v) is 18.4. The number of alkyl halides is 3. The summed E-state index contributed by atoms with van der Waals surface area (Å²) in [5.74, 6) is -0.182. The summed E-state index contributed by atoms with van der Waals surface area (Å²) < 4.78 is 84.4. The topological polar surface area (TPSA) is 477 Å². The molecule has 3 atom stereocenters.